The normalized spacial score (nSPS) is 10.5. The van der Waals surface area contributed by atoms with Crippen molar-refractivity contribution in [1.82, 2.24) is 0 Å². The van der Waals surface area contributed by atoms with E-state index in [0.717, 1.165) is 5.56 Å². The number of aryl methyl sites for hydroxylation is 1. The molecule has 4 nitrogen and oxygen atoms in total. The summed E-state index contributed by atoms with van der Waals surface area (Å²) < 4.78 is 0. The fourth-order valence-corrected chi connectivity index (χ4v) is 1.85. The zero-order chi connectivity index (χ0) is 15.2. The maximum Gasteiger partial charge on any atom is 0.248 e. The molecule has 2 rings (SSSR count). The van der Waals surface area contributed by atoms with E-state index in [-0.39, 0.29) is 11.7 Å². The zero-order valence-electron chi connectivity index (χ0n) is 11.5. The number of rotatable bonds is 4. The number of carbonyl (C=O) groups excluding carboxylic acids is 2. The molecule has 0 bridgehead atoms. The number of carbonyl (C=O) groups is 2. The van der Waals surface area contributed by atoms with Crippen molar-refractivity contribution in [3.63, 3.8) is 0 Å². The highest BCUT2D eigenvalue weighted by atomic mass is 16.3. The Morgan fingerprint density at radius 3 is 2.62 bits per heavy atom. The number of hydrogen-bond acceptors (Lipinski definition) is 3. The second kappa shape index (κ2) is 6.52. The molecule has 0 radical (unpaired) electrons. The first kappa shape index (κ1) is 14.5. The number of nitrogens with one attached hydrogen (secondary N) is 1. The van der Waals surface area contributed by atoms with Gasteiger partial charge in [0.2, 0.25) is 5.91 Å². The molecule has 1 amide bonds. The standard InChI is InChI=1S/C17H15NO3/c1-12-6-7-14(11-19)15(10-12)18-17(21)9-8-13-4-2-3-5-16(13)20/h2-11,20H,1H3,(H,18,21)/b9-8+. The Hall–Kier alpha value is -2.88. The van der Waals surface area contributed by atoms with Gasteiger partial charge in [-0.2, -0.15) is 0 Å². The first-order valence-electron chi connectivity index (χ1n) is 6.43. The van der Waals surface area contributed by atoms with Gasteiger partial charge in [-0.3, -0.25) is 9.59 Å². The summed E-state index contributed by atoms with van der Waals surface area (Å²) in [5.41, 5.74) is 2.38. The van der Waals surface area contributed by atoms with Crippen molar-refractivity contribution in [3.05, 3.63) is 65.2 Å². The van der Waals surface area contributed by atoms with Gasteiger partial charge >= 0.3 is 0 Å². The number of hydrogen-bond donors (Lipinski definition) is 2. The molecule has 0 saturated heterocycles. The van der Waals surface area contributed by atoms with Crippen LogP contribution in [0.3, 0.4) is 0 Å². The number of anilines is 1. The summed E-state index contributed by atoms with van der Waals surface area (Å²) in [7, 11) is 0. The van der Waals surface area contributed by atoms with Crippen LogP contribution in [0.1, 0.15) is 21.5 Å². The predicted octanol–water partition coefficient (Wildman–Crippen LogP) is 3.17. The van der Waals surface area contributed by atoms with E-state index in [2.05, 4.69) is 5.32 Å². The van der Waals surface area contributed by atoms with Gasteiger partial charge in [0.25, 0.3) is 0 Å². The topological polar surface area (TPSA) is 66.4 Å². The molecule has 0 aromatic heterocycles. The van der Waals surface area contributed by atoms with Crippen LogP contribution in [0.15, 0.2) is 48.5 Å². The number of para-hydroxylation sites is 1. The average Bonchev–Trinajstić information content (AvgIpc) is 2.47. The number of aldehydes is 1. The number of amides is 1. The van der Waals surface area contributed by atoms with Gasteiger partial charge in [-0.05, 0) is 36.8 Å². The molecule has 0 spiro atoms. The van der Waals surface area contributed by atoms with Crippen molar-refractivity contribution in [1.29, 1.82) is 0 Å². The number of phenolic OH excluding ortho intramolecular Hbond substituents is 1. The molecule has 0 saturated carbocycles. The fraction of sp³-hybridized carbons (Fsp3) is 0.0588. The van der Waals surface area contributed by atoms with Gasteiger partial charge in [-0.15, -0.1) is 0 Å². The molecule has 21 heavy (non-hydrogen) atoms. The van der Waals surface area contributed by atoms with Crippen LogP contribution < -0.4 is 5.32 Å². The second-order valence-electron chi connectivity index (χ2n) is 4.59. The summed E-state index contributed by atoms with van der Waals surface area (Å²) in [5.74, 6) is -0.266. The summed E-state index contributed by atoms with van der Waals surface area (Å²) in [6, 6.07) is 11.9. The lowest BCUT2D eigenvalue weighted by molar-refractivity contribution is -0.111. The molecule has 0 aliphatic heterocycles. The van der Waals surface area contributed by atoms with E-state index in [0.29, 0.717) is 23.1 Å². The average molecular weight is 281 g/mol. The van der Waals surface area contributed by atoms with Crippen LogP contribution in [0.2, 0.25) is 0 Å². The molecule has 0 atom stereocenters. The summed E-state index contributed by atoms with van der Waals surface area (Å²) in [6.07, 6.45) is 3.52. The summed E-state index contributed by atoms with van der Waals surface area (Å²) in [4.78, 5) is 22.8. The first-order chi connectivity index (χ1) is 10.1. The third-order valence-electron chi connectivity index (χ3n) is 2.94. The molecule has 0 aliphatic rings. The van der Waals surface area contributed by atoms with Crippen LogP contribution >= 0.6 is 0 Å². The molecule has 2 aromatic carbocycles. The minimum atomic E-state index is -0.369. The van der Waals surface area contributed by atoms with E-state index in [1.807, 2.05) is 6.92 Å². The number of aromatic hydroxyl groups is 1. The SMILES string of the molecule is Cc1ccc(C=O)c(NC(=O)/C=C/c2ccccc2O)c1. The second-order valence-corrected chi connectivity index (χ2v) is 4.59. The minimum Gasteiger partial charge on any atom is -0.507 e. The lowest BCUT2D eigenvalue weighted by atomic mass is 10.1. The van der Waals surface area contributed by atoms with E-state index >= 15 is 0 Å². The van der Waals surface area contributed by atoms with Crippen molar-refractivity contribution < 1.29 is 14.7 Å². The molecule has 2 N–H and O–H groups in total. The monoisotopic (exact) mass is 281 g/mol. The summed E-state index contributed by atoms with van der Waals surface area (Å²) in [6.45, 7) is 1.88. The van der Waals surface area contributed by atoms with Crippen LogP contribution in [0, 0.1) is 6.92 Å². The highest BCUT2D eigenvalue weighted by Crippen LogP contribution is 2.18. The smallest absolute Gasteiger partial charge is 0.248 e. The van der Waals surface area contributed by atoms with E-state index in [9.17, 15) is 14.7 Å². The Labute approximate surface area is 122 Å². The van der Waals surface area contributed by atoms with Crippen LogP contribution in [0.25, 0.3) is 6.08 Å². The van der Waals surface area contributed by atoms with Gasteiger partial charge in [0.1, 0.15) is 5.75 Å². The fourth-order valence-electron chi connectivity index (χ4n) is 1.85. The Bertz CT molecular complexity index is 705. The predicted molar refractivity (Wildman–Crippen MR) is 82.3 cm³/mol. The van der Waals surface area contributed by atoms with Crippen molar-refractivity contribution in [2.45, 2.75) is 6.92 Å². The maximum absolute atomic E-state index is 11.9. The van der Waals surface area contributed by atoms with Gasteiger partial charge < -0.3 is 10.4 Å². The van der Waals surface area contributed by atoms with Crippen molar-refractivity contribution >= 4 is 24.0 Å². The molecule has 4 heteroatoms. The lowest BCUT2D eigenvalue weighted by Crippen LogP contribution is -2.09. The molecule has 106 valence electrons. The third kappa shape index (κ3) is 3.79. The largest absolute Gasteiger partial charge is 0.507 e. The van der Waals surface area contributed by atoms with Gasteiger partial charge in [0.05, 0.1) is 5.69 Å². The van der Waals surface area contributed by atoms with Gasteiger partial charge in [0.15, 0.2) is 6.29 Å². The summed E-state index contributed by atoms with van der Waals surface area (Å²) in [5, 5.41) is 12.3. The van der Waals surface area contributed by atoms with Crippen molar-refractivity contribution in [3.8, 4) is 5.75 Å². The molecular weight excluding hydrogens is 266 g/mol. The lowest BCUT2D eigenvalue weighted by Gasteiger charge is -2.06. The van der Waals surface area contributed by atoms with Gasteiger partial charge in [0, 0.05) is 17.2 Å². The molecular formula is C17H15NO3. The van der Waals surface area contributed by atoms with Crippen LogP contribution in [0.4, 0.5) is 5.69 Å². The van der Waals surface area contributed by atoms with E-state index in [1.165, 1.54) is 12.2 Å². The van der Waals surface area contributed by atoms with Gasteiger partial charge in [-0.1, -0.05) is 24.3 Å². The molecule has 0 heterocycles. The van der Waals surface area contributed by atoms with E-state index < -0.39 is 0 Å². The maximum atomic E-state index is 11.9. The third-order valence-corrected chi connectivity index (χ3v) is 2.94. The Kier molecular flexibility index (Phi) is 4.51. The first-order valence-corrected chi connectivity index (χ1v) is 6.43. The zero-order valence-corrected chi connectivity index (χ0v) is 11.5. The molecule has 0 fully saturated rings. The highest BCUT2D eigenvalue weighted by Gasteiger charge is 2.05. The Balaban J connectivity index is 2.14. The Morgan fingerprint density at radius 2 is 1.90 bits per heavy atom. The van der Waals surface area contributed by atoms with E-state index in [4.69, 9.17) is 0 Å². The Morgan fingerprint density at radius 1 is 1.14 bits per heavy atom. The summed E-state index contributed by atoms with van der Waals surface area (Å²) >= 11 is 0. The molecule has 0 unspecified atom stereocenters. The highest BCUT2D eigenvalue weighted by molar-refractivity contribution is 6.04. The quantitative estimate of drug-likeness (QED) is 0.668. The number of benzene rings is 2. The van der Waals surface area contributed by atoms with Crippen molar-refractivity contribution in [2.24, 2.45) is 0 Å². The number of phenols is 1. The van der Waals surface area contributed by atoms with Crippen molar-refractivity contribution in [2.75, 3.05) is 5.32 Å². The van der Waals surface area contributed by atoms with Crippen LogP contribution in [-0.2, 0) is 4.79 Å². The minimum absolute atomic E-state index is 0.102. The molecule has 2 aromatic rings. The van der Waals surface area contributed by atoms with Crippen LogP contribution in [-0.4, -0.2) is 17.3 Å². The van der Waals surface area contributed by atoms with E-state index in [1.54, 1.807) is 42.5 Å². The van der Waals surface area contributed by atoms with Crippen LogP contribution in [0.5, 0.6) is 5.75 Å². The molecule has 0 aliphatic carbocycles. The van der Waals surface area contributed by atoms with Gasteiger partial charge in [-0.25, -0.2) is 0 Å².